The second kappa shape index (κ2) is 5.23. The summed E-state index contributed by atoms with van der Waals surface area (Å²) in [5, 5.41) is 1.32. The molecular formula is C13H13BrClN3O. The fraction of sp³-hybridized carbons (Fsp3) is 0.385. The number of rotatable bonds is 1. The maximum Gasteiger partial charge on any atom is 0.224 e. The van der Waals surface area contributed by atoms with Crippen LogP contribution in [0.25, 0.3) is 10.9 Å². The molecule has 1 aromatic carbocycles. The van der Waals surface area contributed by atoms with Gasteiger partial charge in [-0.05, 0) is 36.2 Å². The first-order valence-corrected chi connectivity index (χ1v) is 7.28. The highest BCUT2D eigenvalue weighted by Crippen LogP contribution is 2.30. The van der Waals surface area contributed by atoms with Gasteiger partial charge in [-0.1, -0.05) is 15.9 Å². The van der Waals surface area contributed by atoms with Gasteiger partial charge in [-0.25, -0.2) is 4.98 Å². The Morgan fingerprint density at radius 3 is 2.74 bits per heavy atom. The summed E-state index contributed by atoms with van der Waals surface area (Å²) in [4.78, 5) is 11.0. The number of anilines is 1. The van der Waals surface area contributed by atoms with Crippen molar-refractivity contribution in [2.45, 2.75) is 6.92 Å². The predicted molar refractivity (Wildman–Crippen MR) is 80.0 cm³/mol. The van der Waals surface area contributed by atoms with Crippen molar-refractivity contribution in [1.82, 2.24) is 9.97 Å². The maximum absolute atomic E-state index is 6.06. The molecule has 19 heavy (non-hydrogen) atoms. The van der Waals surface area contributed by atoms with Gasteiger partial charge < -0.3 is 9.64 Å². The summed E-state index contributed by atoms with van der Waals surface area (Å²) >= 11 is 9.59. The molecule has 2 aromatic rings. The van der Waals surface area contributed by atoms with Crippen LogP contribution in [0.5, 0.6) is 0 Å². The van der Waals surface area contributed by atoms with E-state index in [-0.39, 0.29) is 0 Å². The quantitative estimate of drug-likeness (QED) is 0.746. The molecule has 0 N–H and O–H groups in total. The summed E-state index contributed by atoms with van der Waals surface area (Å²) in [5.74, 6) is 0.891. The van der Waals surface area contributed by atoms with Crippen molar-refractivity contribution < 1.29 is 4.74 Å². The van der Waals surface area contributed by atoms with E-state index in [1.54, 1.807) is 0 Å². The monoisotopic (exact) mass is 341 g/mol. The van der Waals surface area contributed by atoms with E-state index < -0.39 is 0 Å². The molecule has 100 valence electrons. The van der Waals surface area contributed by atoms with E-state index in [0.717, 1.165) is 53.1 Å². The Morgan fingerprint density at radius 1 is 1.26 bits per heavy atom. The summed E-state index contributed by atoms with van der Waals surface area (Å²) in [7, 11) is 0. The summed E-state index contributed by atoms with van der Waals surface area (Å²) in [5.41, 5.74) is 1.99. The number of hydrogen-bond acceptors (Lipinski definition) is 4. The predicted octanol–water partition coefficient (Wildman–Crippen LogP) is 3.19. The SMILES string of the molecule is Cc1cc(Br)cc2c(N3CCOCC3)nc(Cl)nc12. The van der Waals surface area contributed by atoms with Gasteiger partial charge in [0.25, 0.3) is 0 Å². The normalized spacial score (nSPS) is 16.1. The lowest BCUT2D eigenvalue weighted by molar-refractivity contribution is 0.122. The fourth-order valence-corrected chi connectivity index (χ4v) is 3.07. The highest BCUT2D eigenvalue weighted by molar-refractivity contribution is 9.10. The van der Waals surface area contributed by atoms with Crippen molar-refractivity contribution in [2.75, 3.05) is 31.2 Å². The average molecular weight is 343 g/mol. The van der Waals surface area contributed by atoms with E-state index in [2.05, 4.69) is 30.8 Å². The van der Waals surface area contributed by atoms with Crippen LogP contribution in [0.2, 0.25) is 5.28 Å². The number of hydrogen-bond donors (Lipinski definition) is 0. The Balaban J connectivity index is 2.21. The van der Waals surface area contributed by atoms with E-state index in [9.17, 15) is 0 Å². The number of nitrogens with zero attached hydrogens (tertiary/aromatic N) is 3. The third-order valence-electron chi connectivity index (χ3n) is 3.22. The van der Waals surface area contributed by atoms with Crippen molar-refractivity contribution in [2.24, 2.45) is 0 Å². The van der Waals surface area contributed by atoms with Crippen molar-refractivity contribution in [1.29, 1.82) is 0 Å². The molecule has 0 bridgehead atoms. The fourth-order valence-electron chi connectivity index (χ4n) is 2.34. The van der Waals surface area contributed by atoms with Crippen LogP contribution in [0.3, 0.4) is 0 Å². The molecule has 0 aliphatic carbocycles. The van der Waals surface area contributed by atoms with E-state index in [1.165, 1.54) is 0 Å². The molecule has 4 nitrogen and oxygen atoms in total. The average Bonchev–Trinajstić information content (AvgIpc) is 2.40. The van der Waals surface area contributed by atoms with Crippen LogP contribution in [0.15, 0.2) is 16.6 Å². The van der Waals surface area contributed by atoms with Crippen LogP contribution < -0.4 is 4.90 Å². The molecule has 3 rings (SSSR count). The van der Waals surface area contributed by atoms with Crippen LogP contribution in [0, 0.1) is 6.92 Å². The first-order chi connectivity index (χ1) is 9.15. The number of fused-ring (bicyclic) bond motifs is 1. The summed E-state index contributed by atoms with van der Waals surface area (Å²) < 4.78 is 6.41. The van der Waals surface area contributed by atoms with Gasteiger partial charge in [0.05, 0.1) is 18.7 Å². The molecule has 0 spiro atoms. The third kappa shape index (κ3) is 2.55. The number of aromatic nitrogens is 2. The highest BCUT2D eigenvalue weighted by Gasteiger charge is 2.18. The summed E-state index contributed by atoms with van der Waals surface area (Å²) in [6, 6.07) is 4.08. The first-order valence-electron chi connectivity index (χ1n) is 6.11. The molecule has 2 heterocycles. The molecule has 0 saturated carbocycles. The molecule has 1 aliphatic heterocycles. The van der Waals surface area contributed by atoms with Gasteiger partial charge in [0.1, 0.15) is 5.82 Å². The third-order valence-corrected chi connectivity index (χ3v) is 3.85. The zero-order valence-corrected chi connectivity index (χ0v) is 12.8. The molecule has 0 amide bonds. The maximum atomic E-state index is 6.06. The van der Waals surface area contributed by atoms with Gasteiger partial charge in [-0.15, -0.1) is 0 Å². The van der Waals surface area contributed by atoms with Gasteiger partial charge in [-0.3, -0.25) is 0 Å². The zero-order valence-electron chi connectivity index (χ0n) is 10.5. The Bertz CT molecular complexity index is 629. The molecule has 1 saturated heterocycles. The van der Waals surface area contributed by atoms with Gasteiger partial charge in [0.15, 0.2) is 0 Å². The van der Waals surface area contributed by atoms with Crippen LogP contribution in [-0.2, 0) is 4.74 Å². The van der Waals surface area contributed by atoms with E-state index in [0.29, 0.717) is 5.28 Å². The standard InChI is InChI=1S/C13H13BrClN3O/c1-8-6-9(14)7-10-11(8)16-13(15)17-12(10)18-2-4-19-5-3-18/h6-7H,2-5H2,1H3. The van der Waals surface area contributed by atoms with Crippen molar-refractivity contribution in [3.05, 3.63) is 27.5 Å². The van der Waals surface area contributed by atoms with Crippen LogP contribution >= 0.6 is 27.5 Å². The molecular weight excluding hydrogens is 330 g/mol. The largest absolute Gasteiger partial charge is 0.378 e. The Kier molecular flexibility index (Phi) is 3.60. The van der Waals surface area contributed by atoms with E-state index in [1.807, 2.05) is 19.1 Å². The van der Waals surface area contributed by atoms with Crippen LogP contribution in [0.4, 0.5) is 5.82 Å². The Hall–Kier alpha value is -0.910. The molecule has 1 aromatic heterocycles. The van der Waals surface area contributed by atoms with Crippen molar-refractivity contribution >= 4 is 44.3 Å². The molecule has 6 heteroatoms. The van der Waals surface area contributed by atoms with Gasteiger partial charge >= 0.3 is 0 Å². The van der Waals surface area contributed by atoms with Crippen molar-refractivity contribution in [3.8, 4) is 0 Å². The van der Waals surface area contributed by atoms with Crippen LogP contribution in [0.1, 0.15) is 5.56 Å². The number of morpholine rings is 1. The molecule has 0 unspecified atom stereocenters. The smallest absolute Gasteiger partial charge is 0.224 e. The number of aryl methyl sites for hydroxylation is 1. The minimum atomic E-state index is 0.291. The number of halogens is 2. The lowest BCUT2D eigenvalue weighted by Gasteiger charge is -2.28. The second-order valence-corrected chi connectivity index (χ2v) is 5.79. The van der Waals surface area contributed by atoms with Crippen molar-refractivity contribution in [3.63, 3.8) is 0 Å². The first kappa shape index (κ1) is 13.1. The minimum Gasteiger partial charge on any atom is -0.378 e. The highest BCUT2D eigenvalue weighted by atomic mass is 79.9. The minimum absolute atomic E-state index is 0.291. The second-order valence-electron chi connectivity index (χ2n) is 4.53. The van der Waals surface area contributed by atoms with E-state index >= 15 is 0 Å². The number of ether oxygens (including phenoxy) is 1. The van der Waals surface area contributed by atoms with Gasteiger partial charge in [0, 0.05) is 22.9 Å². The summed E-state index contributed by atoms with van der Waals surface area (Å²) in [6.45, 7) is 5.12. The molecule has 1 aliphatic rings. The Morgan fingerprint density at radius 2 is 2.00 bits per heavy atom. The number of benzene rings is 1. The lowest BCUT2D eigenvalue weighted by Crippen LogP contribution is -2.37. The molecule has 0 atom stereocenters. The van der Waals surface area contributed by atoms with Gasteiger partial charge in [-0.2, -0.15) is 4.98 Å². The molecule has 1 fully saturated rings. The van der Waals surface area contributed by atoms with E-state index in [4.69, 9.17) is 16.3 Å². The topological polar surface area (TPSA) is 38.2 Å². The Labute approximate surface area is 124 Å². The van der Waals surface area contributed by atoms with Gasteiger partial charge in [0.2, 0.25) is 5.28 Å². The summed E-state index contributed by atoms with van der Waals surface area (Å²) in [6.07, 6.45) is 0. The lowest BCUT2D eigenvalue weighted by atomic mass is 10.1. The molecule has 0 radical (unpaired) electrons. The van der Waals surface area contributed by atoms with Crippen LogP contribution in [-0.4, -0.2) is 36.3 Å². The zero-order chi connectivity index (χ0) is 13.4.